The Labute approximate surface area is 70.6 Å². The Morgan fingerprint density at radius 2 is 2.00 bits per heavy atom. The Morgan fingerprint density at radius 3 is 2.33 bits per heavy atom. The predicted molar refractivity (Wildman–Crippen MR) is 50.7 cm³/mol. The Hall–Kier alpha value is 1.48. The predicted octanol–water partition coefficient (Wildman–Crippen LogP) is 2.42. The molecule has 9 heavy (non-hydrogen) atoms. The quantitative estimate of drug-likeness (QED) is 0.518. The molecule has 1 heterocycles. The van der Waals surface area contributed by atoms with Gasteiger partial charge < -0.3 is 0 Å². The van der Waals surface area contributed by atoms with Crippen LogP contribution in [0.5, 0.6) is 0 Å². The van der Waals surface area contributed by atoms with Crippen molar-refractivity contribution in [2.75, 3.05) is 13.2 Å². The molecule has 1 aliphatic heterocycles. The fourth-order valence-electron chi connectivity index (χ4n) is 0.909. The second-order valence-electron chi connectivity index (χ2n) is 2.25. The van der Waals surface area contributed by atoms with E-state index >= 15 is 0 Å². The zero-order valence-electron chi connectivity index (χ0n) is 5.73. The summed E-state index contributed by atoms with van der Waals surface area (Å²) in [6, 6.07) is 0. The van der Waals surface area contributed by atoms with E-state index in [9.17, 15) is 0 Å². The minimum atomic E-state index is -1.26. The summed E-state index contributed by atoms with van der Waals surface area (Å²) >= 11 is 1.51. The van der Waals surface area contributed by atoms with E-state index in [0.717, 1.165) is 13.2 Å². The molecular formula is C6H13IOTe. The molecule has 56 valence electrons. The summed E-state index contributed by atoms with van der Waals surface area (Å²) in [5, 5.41) is 0. The van der Waals surface area contributed by atoms with E-state index in [1.807, 2.05) is 0 Å². The number of hydrogen-bond acceptors (Lipinski definition) is 1. The van der Waals surface area contributed by atoms with Crippen molar-refractivity contribution in [3.05, 3.63) is 0 Å². The van der Waals surface area contributed by atoms with Crippen LogP contribution in [0.4, 0.5) is 0 Å². The van der Waals surface area contributed by atoms with Gasteiger partial charge in [0.2, 0.25) is 0 Å². The molecule has 0 N–H and O–H groups in total. The van der Waals surface area contributed by atoms with Gasteiger partial charge in [0, 0.05) is 0 Å². The normalized spacial score (nSPS) is 29.6. The Bertz CT molecular complexity index is 91.1. The van der Waals surface area contributed by atoms with Crippen LogP contribution in [0, 0.1) is 0 Å². The van der Waals surface area contributed by atoms with Crippen LogP contribution in [-0.4, -0.2) is 27.4 Å². The zero-order valence-corrected chi connectivity index (χ0v) is 10.2. The molecule has 0 amide bonds. The molecule has 0 unspecified atom stereocenters. The van der Waals surface area contributed by atoms with Crippen LogP contribution < -0.4 is 0 Å². The van der Waals surface area contributed by atoms with Gasteiger partial charge in [0.05, 0.1) is 0 Å². The van der Waals surface area contributed by atoms with Crippen molar-refractivity contribution in [3.8, 4) is 0 Å². The van der Waals surface area contributed by atoms with Gasteiger partial charge in [0.1, 0.15) is 0 Å². The molecule has 1 aliphatic rings. The average molecular weight is 356 g/mol. The summed E-state index contributed by atoms with van der Waals surface area (Å²) in [5.41, 5.74) is 0. The SMILES string of the molecule is CC[Te]1(I)CCOCC1. The van der Waals surface area contributed by atoms with Crippen molar-refractivity contribution in [1.82, 2.24) is 0 Å². The van der Waals surface area contributed by atoms with E-state index < -0.39 is 14.2 Å². The van der Waals surface area contributed by atoms with E-state index in [1.54, 1.807) is 0 Å². The molecular weight excluding hydrogens is 343 g/mol. The number of halogens is 1. The van der Waals surface area contributed by atoms with Crippen molar-refractivity contribution in [3.63, 3.8) is 0 Å². The minimum absolute atomic E-state index is 1.05. The summed E-state index contributed by atoms with van der Waals surface area (Å²) in [6.45, 7) is 4.45. The van der Waals surface area contributed by atoms with Gasteiger partial charge in [-0.25, -0.2) is 0 Å². The summed E-state index contributed by atoms with van der Waals surface area (Å²) in [4.78, 5) is 0. The zero-order chi connectivity index (χ0) is 6.74. The first-order valence-electron chi connectivity index (χ1n) is 3.30. The van der Waals surface area contributed by atoms with E-state index in [4.69, 9.17) is 4.74 Å². The standard InChI is InChI=1S/C6H13IOTe/c1-2-9(7)5-3-8-4-6-9/h2-6H2,1H3. The van der Waals surface area contributed by atoms with Gasteiger partial charge in [-0.15, -0.1) is 0 Å². The first kappa shape index (κ1) is 8.58. The van der Waals surface area contributed by atoms with Crippen molar-refractivity contribution in [2.24, 2.45) is 0 Å². The van der Waals surface area contributed by atoms with Crippen LogP contribution in [0.3, 0.4) is 0 Å². The molecule has 0 aromatic rings. The van der Waals surface area contributed by atoms with Crippen LogP contribution in [0.2, 0.25) is 13.4 Å². The van der Waals surface area contributed by atoms with Gasteiger partial charge in [0.25, 0.3) is 0 Å². The maximum absolute atomic E-state index is 5.31. The van der Waals surface area contributed by atoms with Crippen LogP contribution in [-0.2, 0) is 4.74 Å². The number of rotatable bonds is 1. The average Bonchev–Trinajstić information content (AvgIpc) is 1.90. The molecule has 0 saturated carbocycles. The molecule has 3 heteroatoms. The first-order chi connectivity index (χ1) is 4.27. The summed E-state index contributed by atoms with van der Waals surface area (Å²) in [7, 11) is 0. The maximum atomic E-state index is 5.31. The third kappa shape index (κ3) is 2.53. The molecule has 1 saturated heterocycles. The molecule has 1 rings (SSSR count). The monoisotopic (exact) mass is 358 g/mol. The van der Waals surface area contributed by atoms with Crippen LogP contribution in [0.15, 0.2) is 0 Å². The molecule has 0 spiro atoms. The van der Waals surface area contributed by atoms with Gasteiger partial charge in [-0.2, -0.15) is 0 Å². The molecule has 0 bridgehead atoms. The second-order valence-corrected chi connectivity index (χ2v) is 24.1. The third-order valence-corrected chi connectivity index (χ3v) is 19.9. The molecule has 0 aliphatic carbocycles. The number of ether oxygens (including phenoxy) is 1. The second kappa shape index (κ2) is 3.75. The van der Waals surface area contributed by atoms with E-state index in [-0.39, 0.29) is 0 Å². The summed E-state index contributed by atoms with van der Waals surface area (Å²) in [5.74, 6) is 0. The first-order valence-corrected chi connectivity index (χ1v) is 15.0. The van der Waals surface area contributed by atoms with Crippen molar-refractivity contribution >= 4 is 32.9 Å². The topological polar surface area (TPSA) is 9.23 Å². The summed E-state index contributed by atoms with van der Waals surface area (Å²) < 4.78 is 9.65. The van der Waals surface area contributed by atoms with Crippen LogP contribution in [0.25, 0.3) is 0 Å². The van der Waals surface area contributed by atoms with E-state index in [2.05, 4.69) is 25.6 Å². The van der Waals surface area contributed by atoms with E-state index in [1.165, 1.54) is 13.4 Å². The van der Waals surface area contributed by atoms with Crippen molar-refractivity contribution in [2.45, 2.75) is 20.3 Å². The fraction of sp³-hybridized carbons (Fsp3) is 1.00. The van der Waals surface area contributed by atoms with E-state index in [0.29, 0.717) is 0 Å². The van der Waals surface area contributed by atoms with Gasteiger partial charge >= 0.3 is 71.2 Å². The van der Waals surface area contributed by atoms with Gasteiger partial charge in [-0.3, -0.25) is 0 Å². The molecule has 1 fully saturated rings. The molecule has 0 atom stereocenters. The van der Waals surface area contributed by atoms with Crippen LogP contribution in [0.1, 0.15) is 6.92 Å². The molecule has 0 aromatic heterocycles. The Balaban J connectivity index is 2.37. The Kier molecular flexibility index (Phi) is 3.57. The van der Waals surface area contributed by atoms with Gasteiger partial charge in [-0.1, -0.05) is 0 Å². The van der Waals surface area contributed by atoms with Crippen molar-refractivity contribution in [1.29, 1.82) is 0 Å². The molecule has 0 radical (unpaired) electrons. The van der Waals surface area contributed by atoms with Crippen molar-refractivity contribution < 1.29 is 4.74 Å². The number of hydrogen-bond donors (Lipinski definition) is 0. The molecule has 1 nitrogen and oxygen atoms in total. The Morgan fingerprint density at radius 1 is 1.44 bits per heavy atom. The molecule has 0 aromatic carbocycles. The van der Waals surface area contributed by atoms with Gasteiger partial charge in [0.15, 0.2) is 0 Å². The third-order valence-electron chi connectivity index (χ3n) is 1.70. The fourth-order valence-corrected chi connectivity index (χ4v) is 7.93. The van der Waals surface area contributed by atoms with Gasteiger partial charge in [-0.05, 0) is 0 Å². The van der Waals surface area contributed by atoms with Crippen LogP contribution >= 0.6 is 18.7 Å². The summed E-state index contributed by atoms with van der Waals surface area (Å²) in [6.07, 6.45) is 0.